The van der Waals surface area contributed by atoms with Crippen LogP contribution < -0.4 is 4.90 Å². The Kier molecular flexibility index (Phi) is 5.58. The van der Waals surface area contributed by atoms with Crippen LogP contribution in [0, 0.1) is 0 Å². The molecule has 0 amide bonds. The van der Waals surface area contributed by atoms with Crippen LogP contribution in [-0.2, 0) is 0 Å². The zero-order chi connectivity index (χ0) is 9.84. The molecule has 0 saturated heterocycles. The molecule has 0 N–H and O–H groups in total. The Labute approximate surface area is 95.3 Å². The van der Waals surface area contributed by atoms with E-state index < -0.39 is 0 Å². The van der Waals surface area contributed by atoms with Crippen molar-refractivity contribution >= 4 is 35.5 Å². The second kappa shape index (κ2) is 5.89. The molecule has 0 unspecified atom stereocenters. The molecule has 0 aliphatic heterocycles. The molecule has 0 bridgehead atoms. The van der Waals surface area contributed by atoms with Crippen molar-refractivity contribution in [3.05, 3.63) is 29.8 Å². The smallest absolute Gasteiger partial charge is 0.177 e. The predicted molar refractivity (Wildman–Crippen MR) is 63.1 cm³/mol. The van der Waals surface area contributed by atoms with Crippen molar-refractivity contribution in [3.8, 4) is 0 Å². The van der Waals surface area contributed by atoms with Gasteiger partial charge >= 0.3 is 0 Å². The molecule has 0 aliphatic carbocycles. The number of anilines is 1. The molecule has 0 atom stereocenters. The van der Waals surface area contributed by atoms with Crippen molar-refractivity contribution in [2.45, 2.75) is 0 Å². The second-order valence-electron chi connectivity index (χ2n) is 3.00. The molecule has 0 saturated carbocycles. The first-order valence-corrected chi connectivity index (χ1v) is 4.55. The van der Waals surface area contributed by atoms with Crippen molar-refractivity contribution in [1.29, 1.82) is 0 Å². The van der Waals surface area contributed by atoms with Gasteiger partial charge in [0.1, 0.15) is 0 Å². The van der Waals surface area contributed by atoms with Gasteiger partial charge in [0, 0.05) is 25.3 Å². The van der Waals surface area contributed by atoms with E-state index in [4.69, 9.17) is 11.6 Å². The zero-order valence-electron chi connectivity index (χ0n) is 8.16. The highest BCUT2D eigenvalue weighted by Crippen LogP contribution is 2.12. The SMILES string of the molecule is CN(C)c1ccc(C(=O)CCl)cc1.Cl. The summed E-state index contributed by atoms with van der Waals surface area (Å²) in [6, 6.07) is 7.39. The van der Waals surface area contributed by atoms with Gasteiger partial charge in [-0.15, -0.1) is 24.0 Å². The lowest BCUT2D eigenvalue weighted by molar-refractivity contribution is 0.102. The summed E-state index contributed by atoms with van der Waals surface area (Å²) in [6.45, 7) is 0. The summed E-state index contributed by atoms with van der Waals surface area (Å²) in [5.41, 5.74) is 1.74. The fraction of sp³-hybridized carbons (Fsp3) is 0.300. The number of ketones is 1. The van der Waals surface area contributed by atoms with Gasteiger partial charge in [0.05, 0.1) is 5.88 Å². The lowest BCUT2D eigenvalue weighted by Gasteiger charge is -2.11. The molecule has 1 aromatic rings. The number of hydrogen-bond acceptors (Lipinski definition) is 2. The van der Waals surface area contributed by atoms with Crippen LogP contribution in [0.3, 0.4) is 0 Å². The van der Waals surface area contributed by atoms with Gasteiger partial charge in [-0.2, -0.15) is 0 Å². The molecule has 0 spiro atoms. The molecule has 2 nitrogen and oxygen atoms in total. The van der Waals surface area contributed by atoms with E-state index in [0.717, 1.165) is 5.69 Å². The van der Waals surface area contributed by atoms with E-state index >= 15 is 0 Å². The van der Waals surface area contributed by atoms with Gasteiger partial charge in [-0.05, 0) is 24.3 Å². The van der Waals surface area contributed by atoms with Gasteiger partial charge in [-0.3, -0.25) is 4.79 Å². The maximum absolute atomic E-state index is 11.1. The maximum Gasteiger partial charge on any atom is 0.177 e. The highest BCUT2D eigenvalue weighted by Gasteiger charge is 2.03. The van der Waals surface area contributed by atoms with E-state index in [1.54, 1.807) is 12.1 Å². The Hall–Kier alpha value is -0.730. The van der Waals surface area contributed by atoms with Crippen LogP contribution in [0.1, 0.15) is 10.4 Å². The molecule has 14 heavy (non-hydrogen) atoms. The quantitative estimate of drug-likeness (QED) is 0.591. The van der Waals surface area contributed by atoms with Gasteiger partial charge in [-0.1, -0.05) is 0 Å². The van der Waals surface area contributed by atoms with Crippen LogP contribution in [0.15, 0.2) is 24.3 Å². The Morgan fingerprint density at radius 2 is 1.79 bits per heavy atom. The molecule has 1 aromatic carbocycles. The minimum atomic E-state index is -0.0352. The maximum atomic E-state index is 11.1. The van der Waals surface area contributed by atoms with Crippen LogP contribution in [0.2, 0.25) is 0 Å². The number of benzene rings is 1. The summed E-state index contributed by atoms with van der Waals surface area (Å²) >= 11 is 5.43. The Morgan fingerprint density at radius 1 is 1.29 bits per heavy atom. The third kappa shape index (κ3) is 3.20. The molecule has 0 aliphatic rings. The first-order chi connectivity index (χ1) is 6.15. The van der Waals surface area contributed by atoms with Crippen molar-refractivity contribution in [2.75, 3.05) is 24.9 Å². The number of rotatable bonds is 3. The number of hydrogen-bond donors (Lipinski definition) is 0. The van der Waals surface area contributed by atoms with Crippen LogP contribution in [0.25, 0.3) is 0 Å². The van der Waals surface area contributed by atoms with E-state index in [0.29, 0.717) is 5.56 Å². The van der Waals surface area contributed by atoms with Gasteiger partial charge in [0.25, 0.3) is 0 Å². The molecule has 78 valence electrons. The summed E-state index contributed by atoms with van der Waals surface area (Å²) in [5, 5.41) is 0. The standard InChI is InChI=1S/C10H12ClNO.ClH/c1-12(2)9-5-3-8(4-6-9)10(13)7-11;/h3-6H,7H2,1-2H3;1H. The van der Waals surface area contributed by atoms with Crippen molar-refractivity contribution in [2.24, 2.45) is 0 Å². The minimum Gasteiger partial charge on any atom is -0.378 e. The Morgan fingerprint density at radius 3 is 2.14 bits per heavy atom. The molecule has 1 rings (SSSR count). The lowest BCUT2D eigenvalue weighted by Crippen LogP contribution is -2.09. The number of carbonyl (C=O) groups excluding carboxylic acids is 1. The zero-order valence-corrected chi connectivity index (χ0v) is 9.73. The van der Waals surface area contributed by atoms with Gasteiger partial charge in [-0.25, -0.2) is 0 Å². The summed E-state index contributed by atoms with van der Waals surface area (Å²) in [4.78, 5) is 13.1. The molecular weight excluding hydrogens is 221 g/mol. The fourth-order valence-electron chi connectivity index (χ4n) is 1.02. The number of nitrogens with zero attached hydrogens (tertiary/aromatic N) is 1. The van der Waals surface area contributed by atoms with Crippen LogP contribution in [-0.4, -0.2) is 25.8 Å². The highest BCUT2D eigenvalue weighted by molar-refractivity contribution is 6.30. The first kappa shape index (κ1) is 13.3. The lowest BCUT2D eigenvalue weighted by atomic mass is 10.1. The first-order valence-electron chi connectivity index (χ1n) is 4.01. The van der Waals surface area contributed by atoms with Crippen molar-refractivity contribution < 1.29 is 4.79 Å². The van der Waals surface area contributed by atoms with Crippen molar-refractivity contribution in [3.63, 3.8) is 0 Å². The molecule has 0 aromatic heterocycles. The third-order valence-corrected chi connectivity index (χ3v) is 2.07. The summed E-state index contributed by atoms with van der Waals surface area (Å²) in [7, 11) is 3.91. The highest BCUT2D eigenvalue weighted by atomic mass is 35.5. The second-order valence-corrected chi connectivity index (χ2v) is 3.27. The largest absolute Gasteiger partial charge is 0.378 e. The molecule has 0 heterocycles. The summed E-state index contributed by atoms with van der Waals surface area (Å²) in [5.74, 6) is 0.00776. The fourth-order valence-corrected chi connectivity index (χ4v) is 1.18. The predicted octanol–water partition coefficient (Wildman–Crippen LogP) is 2.60. The van der Waals surface area contributed by atoms with Gasteiger partial charge < -0.3 is 4.90 Å². The van der Waals surface area contributed by atoms with Gasteiger partial charge in [0.2, 0.25) is 0 Å². The average molecular weight is 234 g/mol. The number of carbonyl (C=O) groups is 1. The molecular formula is C10H13Cl2NO. The van der Waals surface area contributed by atoms with E-state index in [2.05, 4.69) is 0 Å². The topological polar surface area (TPSA) is 20.3 Å². The Balaban J connectivity index is 0.00000169. The molecule has 4 heteroatoms. The van der Waals surface area contributed by atoms with E-state index in [-0.39, 0.29) is 24.1 Å². The molecule has 0 radical (unpaired) electrons. The monoisotopic (exact) mass is 233 g/mol. The van der Waals surface area contributed by atoms with Crippen LogP contribution in [0.4, 0.5) is 5.69 Å². The van der Waals surface area contributed by atoms with E-state index in [1.165, 1.54) is 0 Å². The Bertz CT molecular complexity index is 295. The normalized spacial score (nSPS) is 9.07. The van der Waals surface area contributed by atoms with E-state index in [9.17, 15) is 4.79 Å². The third-order valence-electron chi connectivity index (χ3n) is 1.83. The van der Waals surface area contributed by atoms with Crippen LogP contribution >= 0.6 is 24.0 Å². The molecule has 0 fully saturated rings. The average Bonchev–Trinajstić information content (AvgIpc) is 2.17. The number of Topliss-reactive ketones (excluding diaryl/α,β-unsaturated/α-hetero) is 1. The number of alkyl halides is 1. The minimum absolute atomic E-state index is 0. The van der Waals surface area contributed by atoms with Crippen LogP contribution in [0.5, 0.6) is 0 Å². The van der Waals surface area contributed by atoms with Crippen molar-refractivity contribution in [1.82, 2.24) is 0 Å². The summed E-state index contributed by atoms with van der Waals surface area (Å²) < 4.78 is 0. The summed E-state index contributed by atoms with van der Waals surface area (Å²) in [6.07, 6.45) is 0. The number of halogens is 2. The van der Waals surface area contributed by atoms with Gasteiger partial charge in [0.15, 0.2) is 5.78 Å². The van der Waals surface area contributed by atoms with E-state index in [1.807, 2.05) is 31.1 Å².